The number of aromatic nitrogens is 2. The highest BCUT2D eigenvalue weighted by molar-refractivity contribution is 7.99. The summed E-state index contributed by atoms with van der Waals surface area (Å²) in [6.45, 7) is 4.85. The largest absolute Gasteiger partial charge is 0.416 e. The van der Waals surface area contributed by atoms with Gasteiger partial charge in [0.05, 0.1) is 22.3 Å². The number of hydrogen-bond donors (Lipinski definition) is 1. The average molecular weight is 577 g/mol. The predicted molar refractivity (Wildman–Crippen MR) is 146 cm³/mol. The normalized spacial score (nSPS) is 18.0. The highest BCUT2D eigenvalue weighted by Gasteiger charge is 2.36. The third kappa shape index (κ3) is 4.87. The van der Waals surface area contributed by atoms with Crippen molar-refractivity contribution in [1.82, 2.24) is 14.0 Å². The molecule has 2 N–H and O–H groups in total. The van der Waals surface area contributed by atoms with Gasteiger partial charge in [0.2, 0.25) is 0 Å². The molecule has 37 heavy (non-hydrogen) atoms. The van der Waals surface area contributed by atoms with Gasteiger partial charge < -0.3 is 15.5 Å². The van der Waals surface area contributed by atoms with Gasteiger partial charge in [-0.25, -0.2) is 4.79 Å². The molecule has 0 radical (unpaired) electrons. The van der Waals surface area contributed by atoms with Crippen LogP contribution in [-0.4, -0.2) is 53.3 Å². The molecule has 0 aliphatic carbocycles. The van der Waals surface area contributed by atoms with Gasteiger partial charge in [0.15, 0.2) is 0 Å². The zero-order valence-corrected chi connectivity index (χ0v) is 22.6. The number of nitrogens with zero attached hydrogens (tertiary/aromatic N) is 4. The second kappa shape index (κ2) is 10.7. The number of piperidine rings is 1. The minimum absolute atomic E-state index is 0. The van der Waals surface area contributed by atoms with Gasteiger partial charge in [0.1, 0.15) is 0 Å². The van der Waals surface area contributed by atoms with Crippen molar-refractivity contribution >= 4 is 53.3 Å². The van der Waals surface area contributed by atoms with Crippen LogP contribution in [0, 0.1) is 0 Å². The molecule has 0 bridgehead atoms. The topological polar surface area (TPSA) is 59.4 Å². The van der Waals surface area contributed by atoms with Crippen LogP contribution in [0.1, 0.15) is 37.3 Å². The van der Waals surface area contributed by atoms with Crippen LogP contribution in [0.15, 0.2) is 44.9 Å². The monoisotopic (exact) mass is 575 g/mol. The lowest BCUT2D eigenvalue weighted by molar-refractivity contribution is -0.137. The molecule has 3 aliphatic heterocycles. The number of anilines is 1. The molecule has 6 nitrogen and oxygen atoms in total. The van der Waals surface area contributed by atoms with Crippen LogP contribution in [0.2, 0.25) is 0 Å². The lowest BCUT2D eigenvalue weighted by Gasteiger charge is -2.32. The van der Waals surface area contributed by atoms with Crippen molar-refractivity contribution in [3.8, 4) is 5.69 Å². The van der Waals surface area contributed by atoms with Crippen molar-refractivity contribution in [3.05, 3.63) is 46.4 Å². The molecule has 1 aromatic heterocycles. The average Bonchev–Trinajstić information content (AvgIpc) is 3.47. The predicted octanol–water partition coefficient (Wildman–Crippen LogP) is 5.32. The summed E-state index contributed by atoms with van der Waals surface area (Å²) in [5.74, 6) is 0. The second-order valence-corrected chi connectivity index (χ2v) is 10.7. The number of halogens is 5. The molecule has 2 aromatic carbocycles. The Morgan fingerprint density at radius 3 is 2.32 bits per heavy atom. The molecule has 3 aromatic rings. The molecule has 0 saturated carbocycles. The SMILES string of the molecule is Cl.Cl.NCCN1CCC(n2c(=O)n3c4c(cc(C(F)(F)F)cc42)Sc2cc(N4CCCC4)ccc2-3)CC1. The van der Waals surface area contributed by atoms with Gasteiger partial charge in [-0.05, 0) is 56.0 Å². The Bertz CT molecular complexity index is 1340. The van der Waals surface area contributed by atoms with Gasteiger partial charge in [-0.2, -0.15) is 13.2 Å². The third-order valence-electron chi connectivity index (χ3n) is 7.51. The van der Waals surface area contributed by atoms with E-state index in [1.165, 1.54) is 17.8 Å². The molecule has 2 saturated heterocycles. The van der Waals surface area contributed by atoms with E-state index in [1.54, 1.807) is 9.13 Å². The van der Waals surface area contributed by atoms with Crippen molar-refractivity contribution < 1.29 is 13.2 Å². The van der Waals surface area contributed by atoms with Gasteiger partial charge in [-0.1, -0.05) is 11.8 Å². The molecule has 2 fully saturated rings. The van der Waals surface area contributed by atoms with Crippen molar-refractivity contribution in [3.63, 3.8) is 0 Å². The number of fused-ring (bicyclic) bond motifs is 2. The second-order valence-electron chi connectivity index (χ2n) is 9.64. The fraction of sp³-hybridized carbons (Fsp3) is 0.480. The van der Waals surface area contributed by atoms with E-state index < -0.39 is 11.7 Å². The van der Waals surface area contributed by atoms with Crippen molar-refractivity contribution in [2.75, 3.05) is 44.2 Å². The Morgan fingerprint density at radius 2 is 1.68 bits per heavy atom. The molecular formula is C25H30Cl2F3N5OS. The third-order valence-corrected chi connectivity index (χ3v) is 8.58. The molecule has 3 aliphatic rings. The van der Waals surface area contributed by atoms with Crippen molar-refractivity contribution in [1.29, 1.82) is 0 Å². The number of imidazole rings is 1. The van der Waals surface area contributed by atoms with Gasteiger partial charge in [-0.15, -0.1) is 24.8 Å². The van der Waals surface area contributed by atoms with Crippen LogP contribution in [0.4, 0.5) is 18.9 Å². The first kappa shape index (κ1) is 28.2. The molecule has 0 atom stereocenters. The van der Waals surface area contributed by atoms with Crippen LogP contribution in [-0.2, 0) is 6.18 Å². The van der Waals surface area contributed by atoms with E-state index in [2.05, 4.69) is 9.80 Å². The Morgan fingerprint density at radius 1 is 0.973 bits per heavy atom. The van der Waals surface area contributed by atoms with E-state index in [0.29, 0.717) is 35.3 Å². The van der Waals surface area contributed by atoms with E-state index in [0.717, 1.165) is 67.9 Å². The molecule has 0 amide bonds. The number of benzene rings is 2. The first-order chi connectivity index (χ1) is 16.8. The number of likely N-dealkylation sites (tertiary alicyclic amines) is 1. The lowest BCUT2D eigenvalue weighted by atomic mass is 10.0. The van der Waals surface area contributed by atoms with Crippen molar-refractivity contribution in [2.45, 2.75) is 47.7 Å². The van der Waals surface area contributed by atoms with E-state index in [-0.39, 0.29) is 36.5 Å². The zero-order valence-electron chi connectivity index (χ0n) is 20.2. The van der Waals surface area contributed by atoms with Gasteiger partial charge >= 0.3 is 11.9 Å². The standard InChI is InChI=1S/C25H28F3N5OS.2ClH/c26-25(27,28)16-13-20-23-22(14-16)35-21-15-18(31-8-1-2-9-31)3-4-19(21)33(23)24(34)32(20)17-5-10-30(11-6-17)12-7-29;;/h3-4,13-15,17H,1-2,5-12,29H2;2*1H. The highest BCUT2D eigenvalue weighted by atomic mass is 35.5. The fourth-order valence-corrected chi connectivity index (χ4v) is 6.93. The Hall–Kier alpha value is -1.85. The molecule has 6 rings (SSSR count). The minimum atomic E-state index is -4.49. The summed E-state index contributed by atoms with van der Waals surface area (Å²) in [5.41, 5.74) is 7.48. The Balaban J connectivity index is 0.00000160. The summed E-state index contributed by atoms with van der Waals surface area (Å²) in [6.07, 6.45) is -0.808. The molecule has 4 heterocycles. The summed E-state index contributed by atoms with van der Waals surface area (Å²) in [5, 5.41) is 0. The van der Waals surface area contributed by atoms with E-state index in [4.69, 9.17) is 5.73 Å². The van der Waals surface area contributed by atoms with E-state index in [9.17, 15) is 18.0 Å². The van der Waals surface area contributed by atoms with Crippen LogP contribution in [0.5, 0.6) is 0 Å². The maximum absolute atomic E-state index is 13.9. The maximum atomic E-state index is 13.9. The quantitative estimate of drug-likeness (QED) is 0.357. The molecular weight excluding hydrogens is 546 g/mol. The van der Waals surface area contributed by atoms with Crippen LogP contribution < -0.4 is 16.3 Å². The maximum Gasteiger partial charge on any atom is 0.416 e. The Labute approximate surface area is 229 Å². The summed E-state index contributed by atoms with van der Waals surface area (Å²) < 4.78 is 45.0. The highest BCUT2D eigenvalue weighted by Crippen LogP contribution is 2.46. The lowest BCUT2D eigenvalue weighted by Crippen LogP contribution is -2.39. The zero-order chi connectivity index (χ0) is 24.3. The van der Waals surface area contributed by atoms with Gasteiger partial charge in [0.25, 0.3) is 0 Å². The van der Waals surface area contributed by atoms with Crippen LogP contribution >= 0.6 is 36.6 Å². The fourth-order valence-electron chi connectivity index (χ4n) is 5.77. The van der Waals surface area contributed by atoms with E-state index in [1.807, 2.05) is 18.2 Å². The first-order valence-corrected chi connectivity index (χ1v) is 13.0. The van der Waals surface area contributed by atoms with Gasteiger partial charge in [0, 0.05) is 60.8 Å². The number of alkyl halides is 3. The summed E-state index contributed by atoms with van der Waals surface area (Å²) in [6, 6.07) is 8.21. The summed E-state index contributed by atoms with van der Waals surface area (Å²) in [4.78, 5) is 19.7. The number of rotatable bonds is 4. The molecule has 0 spiro atoms. The molecule has 0 unspecified atom stereocenters. The number of hydrogen-bond acceptors (Lipinski definition) is 5. The summed E-state index contributed by atoms with van der Waals surface area (Å²) in [7, 11) is 0. The first-order valence-electron chi connectivity index (χ1n) is 12.2. The number of nitrogens with two attached hydrogens (primary N) is 1. The summed E-state index contributed by atoms with van der Waals surface area (Å²) >= 11 is 1.33. The molecule has 202 valence electrons. The molecule has 12 heteroatoms. The van der Waals surface area contributed by atoms with Crippen LogP contribution in [0.25, 0.3) is 16.7 Å². The van der Waals surface area contributed by atoms with Gasteiger partial charge in [-0.3, -0.25) is 9.13 Å². The minimum Gasteiger partial charge on any atom is -0.372 e. The Kier molecular flexibility index (Phi) is 8.17. The smallest absolute Gasteiger partial charge is 0.372 e. The van der Waals surface area contributed by atoms with Crippen molar-refractivity contribution in [2.24, 2.45) is 5.73 Å². The van der Waals surface area contributed by atoms with Crippen LogP contribution in [0.3, 0.4) is 0 Å². The van der Waals surface area contributed by atoms with E-state index >= 15 is 0 Å².